The van der Waals surface area contributed by atoms with Crippen molar-refractivity contribution in [3.63, 3.8) is 0 Å². The standard InChI is InChI=1S/C16H23ClN2O/c1-4-16(5-2)6-8-19(9-7-16)15(20)13-10-12(3)18-14(17)11-13/h10-11H,4-9H2,1-3H3. The lowest BCUT2D eigenvalue weighted by atomic mass is 9.74. The largest absolute Gasteiger partial charge is 0.339 e. The van der Waals surface area contributed by atoms with Gasteiger partial charge in [-0.15, -0.1) is 0 Å². The Hall–Kier alpha value is -1.09. The Kier molecular flexibility index (Phi) is 4.69. The van der Waals surface area contributed by atoms with E-state index >= 15 is 0 Å². The third kappa shape index (κ3) is 3.14. The second-order valence-electron chi connectivity index (χ2n) is 5.82. The predicted molar refractivity (Wildman–Crippen MR) is 82.1 cm³/mol. The number of rotatable bonds is 3. The van der Waals surface area contributed by atoms with E-state index in [4.69, 9.17) is 11.6 Å². The number of piperidine rings is 1. The van der Waals surface area contributed by atoms with Crippen LogP contribution in [0.4, 0.5) is 0 Å². The Morgan fingerprint density at radius 1 is 1.30 bits per heavy atom. The molecule has 1 aromatic rings. The fraction of sp³-hybridized carbons (Fsp3) is 0.625. The molecule has 20 heavy (non-hydrogen) atoms. The molecule has 1 aliphatic heterocycles. The fourth-order valence-corrected chi connectivity index (χ4v) is 3.33. The third-order valence-corrected chi connectivity index (χ3v) is 4.97. The van der Waals surface area contributed by atoms with Crippen molar-refractivity contribution in [3.8, 4) is 0 Å². The highest BCUT2D eigenvalue weighted by Gasteiger charge is 2.33. The molecule has 2 heterocycles. The van der Waals surface area contributed by atoms with Gasteiger partial charge in [0.2, 0.25) is 0 Å². The van der Waals surface area contributed by atoms with Crippen molar-refractivity contribution < 1.29 is 4.79 Å². The Balaban J connectivity index is 2.08. The van der Waals surface area contributed by atoms with Crippen LogP contribution in [0.1, 0.15) is 55.6 Å². The van der Waals surface area contributed by atoms with Crippen molar-refractivity contribution in [2.24, 2.45) is 5.41 Å². The normalized spacial score (nSPS) is 18.1. The molecule has 0 unspecified atom stereocenters. The maximum Gasteiger partial charge on any atom is 0.254 e. The molecule has 0 radical (unpaired) electrons. The van der Waals surface area contributed by atoms with Gasteiger partial charge in [-0.1, -0.05) is 38.3 Å². The van der Waals surface area contributed by atoms with Gasteiger partial charge in [0.25, 0.3) is 5.91 Å². The Bertz CT molecular complexity index is 467. The first-order chi connectivity index (χ1) is 9.49. The molecule has 110 valence electrons. The van der Waals surface area contributed by atoms with Crippen molar-refractivity contribution in [1.29, 1.82) is 0 Å². The molecule has 1 aromatic heterocycles. The van der Waals surface area contributed by atoms with Crippen LogP contribution in [0.5, 0.6) is 0 Å². The molecule has 0 atom stereocenters. The SMILES string of the molecule is CCC1(CC)CCN(C(=O)c2cc(C)nc(Cl)c2)CC1. The molecule has 3 nitrogen and oxygen atoms in total. The molecule has 1 aliphatic rings. The number of aromatic nitrogens is 1. The number of pyridine rings is 1. The Morgan fingerprint density at radius 2 is 1.90 bits per heavy atom. The minimum absolute atomic E-state index is 0.0817. The van der Waals surface area contributed by atoms with E-state index < -0.39 is 0 Å². The van der Waals surface area contributed by atoms with Gasteiger partial charge in [-0.05, 0) is 37.3 Å². The Morgan fingerprint density at radius 3 is 2.40 bits per heavy atom. The van der Waals surface area contributed by atoms with Crippen LogP contribution in [-0.4, -0.2) is 28.9 Å². The number of hydrogen-bond donors (Lipinski definition) is 0. The smallest absolute Gasteiger partial charge is 0.254 e. The fourth-order valence-electron chi connectivity index (χ4n) is 3.08. The van der Waals surface area contributed by atoms with E-state index in [1.165, 1.54) is 12.8 Å². The molecule has 2 rings (SSSR count). The van der Waals surface area contributed by atoms with Gasteiger partial charge in [0, 0.05) is 24.3 Å². The number of aryl methyl sites for hydroxylation is 1. The summed E-state index contributed by atoms with van der Waals surface area (Å²) < 4.78 is 0. The van der Waals surface area contributed by atoms with Gasteiger partial charge in [0.05, 0.1) is 0 Å². The molecular formula is C16H23ClN2O. The number of likely N-dealkylation sites (tertiary alicyclic amines) is 1. The number of halogens is 1. The van der Waals surface area contributed by atoms with Crippen molar-refractivity contribution in [1.82, 2.24) is 9.88 Å². The molecule has 0 saturated carbocycles. The average Bonchev–Trinajstić information content (AvgIpc) is 2.45. The molecule has 0 aromatic carbocycles. The van der Waals surface area contributed by atoms with Crippen LogP contribution >= 0.6 is 11.6 Å². The zero-order chi connectivity index (χ0) is 14.8. The number of nitrogens with zero attached hydrogens (tertiary/aromatic N) is 2. The summed E-state index contributed by atoms with van der Waals surface area (Å²) in [5.41, 5.74) is 1.88. The minimum Gasteiger partial charge on any atom is -0.339 e. The predicted octanol–water partition coefficient (Wildman–Crippen LogP) is 4.09. The highest BCUT2D eigenvalue weighted by atomic mass is 35.5. The van der Waals surface area contributed by atoms with Crippen LogP contribution in [-0.2, 0) is 0 Å². The molecule has 1 saturated heterocycles. The highest BCUT2D eigenvalue weighted by Crippen LogP contribution is 2.38. The molecule has 0 aliphatic carbocycles. The summed E-state index contributed by atoms with van der Waals surface area (Å²) in [6.45, 7) is 8.07. The zero-order valence-corrected chi connectivity index (χ0v) is 13.3. The summed E-state index contributed by atoms with van der Waals surface area (Å²) in [7, 11) is 0. The number of carbonyl (C=O) groups excluding carboxylic acids is 1. The van der Waals surface area contributed by atoms with Crippen LogP contribution < -0.4 is 0 Å². The van der Waals surface area contributed by atoms with Crippen LogP contribution in [0.15, 0.2) is 12.1 Å². The van der Waals surface area contributed by atoms with Crippen LogP contribution in [0.2, 0.25) is 5.15 Å². The third-order valence-electron chi connectivity index (χ3n) is 4.78. The molecule has 0 N–H and O–H groups in total. The number of hydrogen-bond acceptors (Lipinski definition) is 2. The lowest BCUT2D eigenvalue weighted by molar-refractivity contribution is 0.0557. The van der Waals surface area contributed by atoms with Crippen molar-refractivity contribution >= 4 is 17.5 Å². The van der Waals surface area contributed by atoms with Crippen LogP contribution in [0.3, 0.4) is 0 Å². The molecular weight excluding hydrogens is 272 g/mol. The Labute approximate surface area is 126 Å². The average molecular weight is 295 g/mol. The van der Waals surface area contributed by atoms with E-state index in [9.17, 15) is 4.79 Å². The molecule has 0 bridgehead atoms. The first-order valence-electron chi connectivity index (χ1n) is 7.43. The maximum atomic E-state index is 12.5. The van der Waals surface area contributed by atoms with Gasteiger partial charge in [-0.3, -0.25) is 4.79 Å². The molecule has 1 amide bonds. The summed E-state index contributed by atoms with van der Waals surface area (Å²) in [6.07, 6.45) is 4.60. The van der Waals surface area contributed by atoms with E-state index in [-0.39, 0.29) is 5.91 Å². The second kappa shape index (κ2) is 6.13. The maximum absolute atomic E-state index is 12.5. The quantitative estimate of drug-likeness (QED) is 0.787. The van der Waals surface area contributed by atoms with E-state index in [0.29, 0.717) is 16.1 Å². The highest BCUT2D eigenvalue weighted by molar-refractivity contribution is 6.29. The summed E-state index contributed by atoms with van der Waals surface area (Å²) in [4.78, 5) is 18.6. The van der Waals surface area contributed by atoms with E-state index in [1.807, 2.05) is 17.9 Å². The molecule has 4 heteroatoms. The van der Waals surface area contributed by atoms with Gasteiger partial charge in [-0.2, -0.15) is 0 Å². The van der Waals surface area contributed by atoms with E-state index in [2.05, 4.69) is 18.8 Å². The lowest BCUT2D eigenvalue weighted by Gasteiger charge is -2.41. The van der Waals surface area contributed by atoms with Gasteiger partial charge >= 0.3 is 0 Å². The summed E-state index contributed by atoms with van der Waals surface area (Å²) >= 11 is 5.94. The van der Waals surface area contributed by atoms with Gasteiger partial charge in [-0.25, -0.2) is 4.98 Å². The van der Waals surface area contributed by atoms with Crippen molar-refractivity contribution in [2.45, 2.75) is 46.5 Å². The summed E-state index contributed by atoms with van der Waals surface area (Å²) in [5.74, 6) is 0.0817. The van der Waals surface area contributed by atoms with Crippen LogP contribution in [0, 0.1) is 12.3 Å². The first-order valence-corrected chi connectivity index (χ1v) is 7.81. The number of carbonyl (C=O) groups is 1. The van der Waals surface area contributed by atoms with Crippen molar-refractivity contribution in [2.75, 3.05) is 13.1 Å². The van der Waals surface area contributed by atoms with Gasteiger partial charge in [0.15, 0.2) is 0 Å². The summed E-state index contributed by atoms with van der Waals surface area (Å²) in [5, 5.41) is 0.391. The topological polar surface area (TPSA) is 33.2 Å². The minimum atomic E-state index is 0.0817. The van der Waals surface area contributed by atoms with Gasteiger partial charge in [0.1, 0.15) is 5.15 Å². The van der Waals surface area contributed by atoms with E-state index in [1.54, 1.807) is 6.07 Å². The van der Waals surface area contributed by atoms with Crippen LogP contribution in [0.25, 0.3) is 0 Å². The van der Waals surface area contributed by atoms with E-state index in [0.717, 1.165) is 31.6 Å². The first kappa shape index (κ1) is 15.3. The molecule has 0 spiro atoms. The monoisotopic (exact) mass is 294 g/mol. The van der Waals surface area contributed by atoms with Crippen molar-refractivity contribution in [3.05, 3.63) is 28.5 Å². The molecule has 1 fully saturated rings. The zero-order valence-electron chi connectivity index (χ0n) is 12.6. The summed E-state index contributed by atoms with van der Waals surface area (Å²) in [6, 6.07) is 3.48. The van der Waals surface area contributed by atoms with Gasteiger partial charge < -0.3 is 4.90 Å². The number of amides is 1. The second-order valence-corrected chi connectivity index (χ2v) is 6.21. The lowest BCUT2D eigenvalue weighted by Crippen LogP contribution is -2.42.